The Morgan fingerprint density at radius 1 is 0.864 bits per heavy atom. The number of hydrogen-bond donors (Lipinski definition) is 0. The molecule has 0 atom stereocenters. The predicted octanol–water partition coefficient (Wildman–Crippen LogP) is 3.19. The summed E-state index contributed by atoms with van der Waals surface area (Å²) in [5.41, 5.74) is 2.11. The van der Waals surface area contributed by atoms with Gasteiger partial charge in [0.15, 0.2) is 6.54 Å². The molecule has 114 valence electrons. The lowest BCUT2D eigenvalue weighted by Crippen LogP contribution is -2.06. The van der Waals surface area contributed by atoms with Gasteiger partial charge in [-0.1, -0.05) is 4.68 Å². The molecule has 2 aromatic carbocycles. The number of benzene rings is 2. The summed E-state index contributed by atoms with van der Waals surface area (Å²) >= 11 is 0. The first kappa shape index (κ1) is 15.8. The van der Waals surface area contributed by atoms with E-state index in [9.17, 15) is 0 Å². The van der Waals surface area contributed by atoms with Crippen LogP contribution in [0.1, 0.15) is 18.1 Å². The summed E-state index contributed by atoms with van der Waals surface area (Å²) in [4.78, 5) is 0. The maximum atomic E-state index is 5.16. The molecular weight excluding hydrogens is 276 g/mol. The van der Waals surface area contributed by atoms with Gasteiger partial charge in [-0.2, -0.15) is 0 Å². The summed E-state index contributed by atoms with van der Waals surface area (Å²) in [6.45, 7) is 2.85. The fourth-order valence-corrected chi connectivity index (χ4v) is 1.90. The van der Waals surface area contributed by atoms with E-state index in [1.165, 1.54) is 0 Å². The van der Waals surface area contributed by atoms with Crippen LogP contribution in [0.3, 0.4) is 0 Å². The molecule has 2 aromatic rings. The lowest BCUT2D eigenvalue weighted by Gasteiger charge is -1.99. The van der Waals surface area contributed by atoms with E-state index in [2.05, 4.69) is 12.0 Å². The maximum Gasteiger partial charge on any atom is 0.203 e. The van der Waals surface area contributed by atoms with Gasteiger partial charge in [0, 0.05) is 5.56 Å². The van der Waals surface area contributed by atoms with Gasteiger partial charge in [0.1, 0.15) is 17.7 Å². The minimum absolute atomic E-state index is 0.790. The maximum absolute atomic E-state index is 5.16. The molecule has 0 aromatic heterocycles. The van der Waals surface area contributed by atoms with E-state index in [1.54, 1.807) is 14.2 Å². The van der Waals surface area contributed by atoms with Crippen LogP contribution in [0.15, 0.2) is 53.6 Å². The Labute approximate surface area is 131 Å². The molecule has 22 heavy (non-hydrogen) atoms. The third kappa shape index (κ3) is 4.45. The van der Waals surface area contributed by atoms with Crippen molar-refractivity contribution >= 4 is 12.4 Å². The molecule has 0 amide bonds. The number of ether oxygens (including phenoxy) is 2. The van der Waals surface area contributed by atoms with Gasteiger partial charge in [0.2, 0.25) is 6.21 Å². The van der Waals surface area contributed by atoms with Gasteiger partial charge in [-0.15, -0.1) is 0 Å². The predicted molar refractivity (Wildman–Crippen MR) is 89.5 cm³/mol. The third-order valence-electron chi connectivity index (χ3n) is 3.21. The van der Waals surface area contributed by atoms with E-state index < -0.39 is 0 Å². The summed E-state index contributed by atoms with van der Waals surface area (Å²) < 4.78 is 12.2. The van der Waals surface area contributed by atoms with Crippen molar-refractivity contribution in [1.82, 2.24) is 0 Å². The van der Waals surface area contributed by atoms with Crippen molar-refractivity contribution in [2.75, 3.05) is 20.8 Å². The Hall–Kier alpha value is -2.62. The van der Waals surface area contributed by atoms with E-state index in [1.807, 2.05) is 65.6 Å². The second-order valence-corrected chi connectivity index (χ2v) is 4.68. The van der Waals surface area contributed by atoms with Gasteiger partial charge in [0.25, 0.3) is 0 Å². The molecule has 4 heteroatoms. The molecule has 0 aliphatic carbocycles. The highest BCUT2D eigenvalue weighted by molar-refractivity contribution is 5.80. The molecular formula is C18H21N2O2+. The van der Waals surface area contributed by atoms with E-state index in [0.29, 0.717) is 0 Å². The molecule has 0 N–H and O–H groups in total. The van der Waals surface area contributed by atoms with Crippen LogP contribution in [0.4, 0.5) is 0 Å². The van der Waals surface area contributed by atoms with Crippen LogP contribution in [-0.2, 0) is 0 Å². The molecule has 0 heterocycles. The van der Waals surface area contributed by atoms with Crippen molar-refractivity contribution in [2.24, 2.45) is 5.10 Å². The highest BCUT2D eigenvalue weighted by atomic mass is 16.5. The zero-order valence-electron chi connectivity index (χ0n) is 13.2. The monoisotopic (exact) mass is 297 g/mol. The Balaban J connectivity index is 2.12. The molecule has 0 saturated heterocycles. The number of rotatable bonds is 6. The molecule has 0 spiro atoms. The van der Waals surface area contributed by atoms with Gasteiger partial charge in [0.05, 0.1) is 14.2 Å². The molecule has 0 unspecified atom stereocenters. The van der Waals surface area contributed by atoms with Crippen molar-refractivity contribution in [3.05, 3.63) is 59.7 Å². The molecule has 2 rings (SSSR count). The standard InChI is InChI=1S/C18H21N2O2/c1-4-20(14-16-7-11-18(22-3)12-8-16)19-13-15-5-9-17(21-2)10-6-15/h5-14H,4H2,1-3H3/q+1/b19-13-,20-14+. The smallest absolute Gasteiger partial charge is 0.203 e. The lowest BCUT2D eigenvalue weighted by atomic mass is 10.2. The van der Waals surface area contributed by atoms with E-state index >= 15 is 0 Å². The largest absolute Gasteiger partial charge is 0.497 e. The summed E-state index contributed by atoms with van der Waals surface area (Å²) in [5, 5.41) is 4.49. The highest BCUT2D eigenvalue weighted by Crippen LogP contribution is 2.11. The first-order valence-corrected chi connectivity index (χ1v) is 7.18. The first-order chi connectivity index (χ1) is 10.7. The molecule has 0 aliphatic heterocycles. The lowest BCUT2D eigenvalue weighted by molar-refractivity contribution is -0.524. The number of hydrazone groups is 1. The Bertz CT molecular complexity index is 644. The number of nitrogens with zero attached hydrogens (tertiary/aromatic N) is 2. The van der Waals surface area contributed by atoms with Gasteiger partial charge in [-0.3, -0.25) is 0 Å². The molecule has 0 aliphatic rings. The summed E-state index contributed by atoms with van der Waals surface area (Å²) in [6, 6.07) is 15.7. The average molecular weight is 297 g/mol. The van der Waals surface area contributed by atoms with E-state index in [-0.39, 0.29) is 0 Å². The summed E-state index contributed by atoms with van der Waals surface area (Å²) in [7, 11) is 3.32. The van der Waals surface area contributed by atoms with Gasteiger partial charge in [-0.05, 0) is 66.1 Å². The molecule has 0 fully saturated rings. The zero-order valence-corrected chi connectivity index (χ0v) is 13.2. The van der Waals surface area contributed by atoms with Crippen LogP contribution < -0.4 is 9.47 Å². The van der Waals surface area contributed by atoms with Gasteiger partial charge in [-0.25, -0.2) is 0 Å². The van der Waals surface area contributed by atoms with Crippen molar-refractivity contribution in [3.8, 4) is 11.5 Å². The van der Waals surface area contributed by atoms with E-state index in [4.69, 9.17) is 9.47 Å². The van der Waals surface area contributed by atoms with Crippen LogP contribution in [0.5, 0.6) is 11.5 Å². The van der Waals surface area contributed by atoms with Crippen molar-refractivity contribution in [3.63, 3.8) is 0 Å². The van der Waals surface area contributed by atoms with Gasteiger partial charge < -0.3 is 9.47 Å². The van der Waals surface area contributed by atoms with Crippen LogP contribution >= 0.6 is 0 Å². The topological polar surface area (TPSA) is 33.8 Å². The van der Waals surface area contributed by atoms with Gasteiger partial charge >= 0.3 is 0 Å². The molecule has 0 saturated carbocycles. The second-order valence-electron chi connectivity index (χ2n) is 4.68. The summed E-state index contributed by atoms with van der Waals surface area (Å²) in [5.74, 6) is 1.69. The molecule has 0 bridgehead atoms. The minimum atomic E-state index is 0.790. The fourth-order valence-electron chi connectivity index (χ4n) is 1.90. The van der Waals surface area contributed by atoms with Crippen molar-refractivity contribution in [2.45, 2.75) is 6.92 Å². The number of methoxy groups -OCH3 is 2. The Kier molecular flexibility index (Phi) is 5.72. The van der Waals surface area contributed by atoms with E-state index in [0.717, 1.165) is 29.2 Å². The SMILES string of the molecule is CC[N+](=C\c1ccc(OC)cc1)/N=C\c1ccc(OC)cc1. The third-order valence-corrected chi connectivity index (χ3v) is 3.21. The highest BCUT2D eigenvalue weighted by Gasteiger charge is 2.01. The van der Waals surface area contributed by atoms with Crippen molar-refractivity contribution in [1.29, 1.82) is 0 Å². The second kappa shape index (κ2) is 7.98. The normalized spacial score (nSPS) is 11.7. The van der Waals surface area contributed by atoms with Crippen LogP contribution in [0.2, 0.25) is 0 Å². The Morgan fingerprint density at radius 3 is 1.82 bits per heavy atom. The van der Waals surface area contributed by atoms with Crippen LogP contribution in [0, 0.1) is 0 Å². The van der Waals surface area contributed by atoms with Crippen molar-refractivity contribution < 1.29 is 14.2 Å². The molecule has 0 radical (unpaired) electrons. The first-order valence-electron chi connectivity index (χ1n) is 7.18. The molecule has 4 nitrogen and oxygen atoms in total. The fraction of sp³-hybridized carbons (Fsp3) is 0.222. The minimum Gasteiger partial charge on any atom is -0.497 e. The van der Waals surface area contributed by atoms with Crippen LogP contribution in [0.25, 0.3) is 0 Å². The zero-order chi connectivity index (χ0) is 15.8. The Morgan fingerprint density at radius 2 is 1.36 bits per heavy atom. The quantitative estimate of drug-likeness (QED) is 0.466. The van der Waals surface area contributed by atoms with Crippen LogP contribution in [-0.4, -0.2) is 37.9 Å². The summed E-state index contributed by atoms with van der Waals surface area (Å²) in [6.07, 6.45) is 3.84. The number of hydrogen-bond acceptors (Lipinski definition) is 3. The average Bonchev–Trinajstić information content (AvgIpc) is 2.59.